The number of amides is 1. The van der Waals surface area contributed by atoms with Crippen LogP contribution in [0.2, 0.25) is 0 Å². The van der Waals surface area contributed by atoms with Gasteiger partial charge in [0.2, 0.25) is 17.6 Å². The van der Waals surface area contributed by atoms with Gasteiger partial charge in [-0.2, -0.15) is 10.1 Å². The van der Waals surface area contributed by atoms with Crippen molar-refractivity contribution in [2.24, 2.45) is 0 Å². The Balaban J connectivity index is 1.11. The molecule has 0 radical (unpaired) electrons. The summed E-state index contributed by atoms with van der Waals surface area (Å²) < 4.78 is 18.2. The number of carbonyl (C=O) groups excluding carboxylic acids is 1. The van der Waals surface area contributed by atoms with Crippen LogP contribution in [0.1, 0.15) is 31.6 Å². The van der Waals surface area contributed by atoms with Gasteiger partial charge < -0.3 is 15.2 Å². The molecule has 0 atom stereocenters. The summed E-state index contributed by atoms with van der Waals surface area (Å²) >= 11 is 0. The number of fused-ring (bicyclic) bond motifs is 1. The van der Waals surface area contributed by atoms with Gasteiger partial charge in [-0.25, -0.2) is 9.49 Å². The maximum Gasteiger partial charge on any atom is 0.272 e. The van der Waals surface area contributed by atoms with Crippen LogP contribution in [0.3, 0.4) is 0 Å². The first-order chi connectivity index (χ1) is 16.6. The summed E-state index contributed by atoms with van der Waals surface area (Å²) in [5.41, 5.74) is 0.462. The van der Waals surface area contributed by atoms with E-state index in [1.165, 1.54) is 12.1 Å². The molecular weight excluding hydrogens is 439 g/mol. The quantitative estimate of drug-likeness (QED) is 0.290. The van der Waals surface area contributed by atoms with Gasteiger partial charge in [-0.15, -0.1) is 0 Å². The third-order valence-electron chi connectivity index (χ3n) is 5.28. The van der Waals surface area contributed by atoms with Crippen molar-refractivity contribution in [1.29, 1.82) is 0 Å². The van der Waals surface area contributed by atoms with Gasteiger partial charge in [-0.05, 0) is 49.6 Å². The van der Waals surface area contributed by atoms with Crippen LogP contribution >= 0.6 is 0 Å². The number of aromatic amines is 1. The smallest absolute Gasteiger partial charge is 0.272 e. The average Bonchev–Trinajstić information content (AvgIpc) is 3.32. The van der Waals surface area contributed by atoms with E-state index in [1.807, 2.05) is 18.2 Å². The van der Waals surface area contributed by atoms with Gasteiger partial charge >= 0.3 is 0 Å². The van der Waals surface area contributed by atoms with Crippen molar-refractivity contribution in [3.05, 3.63) is 70.6 Å². The predicted molar refractivity (Wildman–Crippen MR) is 126 cm³/mol. The minimum atomic E-state index is -0.325. The van der Waals surface area contributed by atoms with Gasteiger partial charge in [0, 0.05) is 36.9 Å². The van der Waals surface area contributed by atoms with Crippen LogP contribution in [0.15, 0.2) is 57.8 Å². The van der Waals surface area contributed by atoms with E-state index >= 15 is 0 Å². The number of rotatable bonds is 11. The molecule has 9 nitrogen and oxygen atoms in total. The molecule has 2 aromatic carbocycles. The second kappa shape index (κ2) is 11.2. The fourth-order valence-electron chi connectivity index (χ4n) is 3.50. The van der Waals surface area contributed by atoms with E-state index in [2.05, 4.69) is 31.0 Å². The van der Waals surface area contributed by atoms with E-state index in [9.17, 15) is 14.0 Å². The fraction of sp³-hybridized carbons (Fsp3) is 0.292. The number of anilines is 1. The molecule has 2 aromatic heterocycles. The van der Waals surface area contributed by atoms with Gasteiger partial charge in [0.1, 0.15) is 5.82 Å². The third kappa shape index (κ3) is 6.03. The van der Waals surface area contributed by atoms with Crippen molar-refractivity contribution in [2.75, 3.05) is 18.4 Å². The number of nitrogens with one attached hydrogen (secondary N) is 3. The molecule has 0 spiro atoms. The molecule has 0 fully saturated rings. The predicted octanol–water partition coefficient (Wildman–Crippen LogP) is 3.44. The van der Waals surface area contributed by atoms with Gasteiger partial charge in [-0.1, -0.05) is 23.4 Å². The minimum absolute atomic E-state index is 0.0282. The molecule has 0 aliphatic carbocycles. The van der Waals surface area contributed by atoms with E-state index < -0.39 is 0 Å². The molecule has 1 amide bonds. The molecule has 34 heavy (non-hydrogen) atoms. The Morgan fingerprint density at radius 2 is 1.76 bits per heavy atom. The Hall–Kier alpha value is -4.08. The fourth-order valence-corrected chi connectivity index (χ4v) is 3.50. The summed E-state index contributed by atoms with van der Waals surface area (Å²) in [4.78, 5) is 28.2. The van der Waals surface area contributed by atoms with Crippen LogP contribution in [0.25, 0.3) is 22.2 Å². The molecule has 4 rings (SSSR count). The highest BCUT2D eigenvalue weighted by atomic mass is 19.1. The third-order valence-corrected chi connectivity index (χ3v) is 5.28. The normalized spacial score (nSPS) is 11.0. The van der Waals surface area contributed by atoms with Crippen molar-refractivity contribution in [2.45, 2.75) is 32.1 Å². The Morgan fingerprint density at radius 3 is 2.59 bits per heavy atom. The highest BCUT2D eigenvalue weighted by Crippen LogP contribution is 2.17. The molecule has 10 heteroatoms. The van der Waals surface area contributed by atoms with Gasteiger partial charge in [0.15, 0.2) is 5.82 Å². The lowest BCUT2D eigenvalue weighted by atomic mass is 10.2. The molecule has 2 heterocycles. The summed E-state index contributed by atoms with van der Waals surface area (Å²) in [6, 6.07) is 13.2. The molecule has 0 saturated carbocycles. The molecule has 4 aromatic rings. The Kier molecular flexibility index (Phi) is 7.59. The second-order valence-corrected chi connectivity index (χ2v) is 7.80. The molecule has 0 aliphatic heterocycles. The van der Waals surface area contributed by atoms with Crippen LogP contribution in [-0.4, -0.2) is 39.3 Å². The number of hydrogen-bond acceptors (Lipinski definition) is 7. The number of halogens is 1. The first kappa shape index (κ1) is 23.1. The SMILES string of the molecule is O=C(CCCc1nc(-c2ccc(F)cc2)no1)NCCCCNc1n[nH]c(=O)c2ccccc12. The first-order valence-electron chi connectivity index (χ1n) is 11.2. The molecule has 0 aliphatic rings. The topological polar surface area (TPSA) is 126 Å². The van der Waals surface area contributed by atoms with Crippen LogP contribution in [-0.2, 0) is 11.2 Å². The van der Waals surface area contributed by atoms with Crippen LogP contribution < -0.4 is 16.2 Å². The zero-order valence-corrected chi connectivity index (χ0v) is 18.5. The number of benzene rings is 2. The van der Waals surface area contributed by atoms with Crippen molar-refractivity contribution in [1.82, 2.24) is 25.7 Å². The Labute approximate surface area is 194 Å². The minimum Gasteiger partial charge on any atom is -0.368 e. The lowest BCUT2D eigenvalue weighted by molar-refractivity contribution is -0.121. The van der Waals surface area contributed by atoms with Gasteiger partial charge in [-0.3, -0.25) is 9.59 Å². The van der Waals surface area contributed by atoms with Crippen molar-refractivity contribution < 1.29 is 13.7 Å². The maximum absolute atomic E-state index is 13.0. The van der Waals surface area contributed by atoms with Crippen LogP contribution in [0, 0.1) is 5.82 Å². The molecule has 3 N–H and O–H groups in total. The highest BCUT2D eigenvalue weighted by molar-refractivity contribution is 5.90. The lowest BCUT2D eigenvalue weighted by Gasteiger charge is -2.08. The second-order valence-electron chi connectivity index (χ2n) is 7.80. The monoisotopic (exact) mass is 464 g/mol. The number of nitrogens with zero attached hydrogens (tertiary/aromatic N) is 3. The van der Waals surface area contributed by atoms with Crippen molar-refractivity contribution in [3.8, 4) is 11.4 Å². The molecule has 0 bridgehead atoms. The number of hydrogen-bond donors (Lipinski definition) is 3. The van der Waals surface area contributed by atoms with Gasteiger partial charge in [0.25, 0.3) is 5.56 Å². The zero-order valence-electron chi connectivity index (χ0n) is 18.5. The lowest BCUT2D eigenvalue weighted by Crippen LogP contribution is -2.24. The number of aryl methyl sites for hydroxylation is 1. The number of carbonyl (C=O) groups is 1. The summed E-state index contributed by atoms with van der Waals surface area (Å²) in [6.45, 7) is 1.25. The van der Waals surface area contributed by atoms with Crippen LogP contribution in [0.5, 0.6) is 0 Å². The van der Waals surface area contributed by atoms with E-state index in [1.54, 1.807) is 18.2 Å². The summed E-state index contributed by atoms with van der Waals surface area (Å²) in [5.74, 6) is 1.14. The largest absolute Gasteiger partial charge is 0.368 e. The van der Waals surface area contributed by atoms with Gasteiger partial charge in [0.05, 0.1) is 5.39 Å². The van der Waals surface area contributed by atoms with E-state index in [0.29, 0.717) is 60.8 Å². The first-order valence-corrected chi connectivity index (χ1v) is 11.2. The molecular formula is C24H25FN6O3. The molecule has 176 valence electrons. The number of H-pyrrole nitrogens is 1. The summed E-state index contributed by atoms with van der Waals surface area (Å²) in [7, 11) is 0. The van der Waals surface area contributed by atoms with Crippen LogP contribution in [0.4, 0.5) is 10.2 Å². The summed E-state index contributed by atoms with van der Waals surface area (Å²) in [5, 5.41) is 18.0. The number of unbranched alkanes of at least 4 members (excludes halogenated alkanes) is 1. The zero-order chi connectivity index (χ0) is 23.8. The number of aromatic nitrogens is 4. The van der Waals surface area contributed by atoms with E-state index in [-0.39, 0.29) is 17.3 Å². The van der Waals surface area contributed by atoms with E-state index in [0.717, 1.165) is 18.2 Å². The highest BCUT2D eigenvalue weighted by Gasteiger charge is 2.10. The van der Waals surface area contributed by atoms with E-state index in [4.69, 9.17) is 4.52 Å². The van der Waals surface area contributed by atoms with Crippen molar-refractivity contribution in [3.63, 3.8) is 0 Å². The average molecular weight is 465 g/mol. The Morgan fingerprint density at radius 1 is 1.00 bits per heavy atom. The Bertz CT molecular complexity index is 1300. The van der Waals surface area contributed by atoms with Crippen molar-refractivity contribution >= 4 is 22.5 Å². The molecule has 0 saturated heterocycles. The summed E-state index contributed by atoms with van der Waals surface area (Å²) in [6.07, 6.45) is 3.09. The maximum atomic E-state index is 13.0. The standard InChI is InChI=1S/C24H25FN6O3/c25-17-12-10-16(11-13-17)22-28-21(34-31-22)9-5-8-20(32)26-14-3-4-15-27-23-18-6-1-2-7-19(18)24(33)30-29-23/h1-2,6-7,10-13H,3-5,8-9,14-15H2,(H,26,32)(H,27,29)(H,30,33). The molecule has 0 unspecified atom stereocenters.